The summed E-state index contributed by atoms with van der Waals surface area (Å²) in [6.07, 6.45) is 11.6. The molecule has 0 spiro atoms. The number of amidine groups is 1. The first-order chi connectivity index (χ1) is 18.4. The maximum absolute atomic E-state index is 13.1. The molecule has 0 atom stereocenters. The molecule has 3 rings (SSSR count). The molecular formula is C29H36N2O5S2. The molecule has 9 heteroatoms. The minimum atomic E-state index is -3.98. The van der Waals surface area contributed by atoms with E-state index >= 15 is 0 Å². The maximum Gasteiger partial charge on any atom is 0.284 e. The fraction of sp³-hybridized carbons (Fsp3) is 0.379. The second kappa shape index (κ2) is 14.8. The van der Waals surface area contributed by atoms with Crippen molar-refractivity contribution in [2.24, 2.45) is 4.40 Å². The molecule has 0 unspecified atom stereocenters. The maximum atomic E-state index is 13.1. The molecule has 1 aliphatic heterocycles. The van der Waals surface area contributed by atoms with Crippen LogP contribution in [0.2, 0.25) is 0 Å². The third kappa shape index (κ3) is 8.23. The Bertz CT molecular complexity index is 1260. The zero-order valence-corrected chi connectivity index (χ0v) is 23.7. The van der Waals surface area contributed by atoms with Crippen molar-refractivity contribution in [1.82, 2.24) is 4.90 Å². The Morgan fingerprint density at radius 3 is 2.39 bits per heavy atom. The minimum absolute atomic E-state index is 0.0643. The van der Waals surface area contributed by atoms with Gasteiger partial charge in [0.25, 0.3) is 15.9 Å². The Morgan fingerprint density at radius 2 is 1.71 bits per heavy atom. The molecule has 0 radical (unpaired) electrons. The van der Waals surface area contributed by atoms with Crippen molar-refractivity contribution in [3.05, 3.63) is 71.7 Å². The number of methoxy groups -OCH3 is 1. The van der Waals surface area contributed by atoms with Crippen LogP contribution in [0.3, 0.4) is 0 Å². The Labute approximate surface area is 230 Å². The summed E-state index contributed by atoms with van der Waals surface area (Å²) in [6.45, 7) is 6.63. The molecule has 0 bridgehead atoms. The van der Waals surface area contributed by atoms with Crippen molar-refractivity contribution in [2.75, 3.05) is 20.3 Å². The number of unbranched alkanes of at least 4 members (excludes halogenated alkanes) is 6. The first-order valence-electron chi connectivity index (χ1n) is 12.9. The number of thioether (sulfide) groups is 1. The quantitative estimate of drug-likeness (QED) is 0.138. The zero-order chi connectivity index (χ0) is 27.4. The van der Waals surface area contributed by atoms with E-state index in [4.69, 9.17) is 9.47 Å². The van der Waals surface area contributed by atoms with Gasteiger partial charge in [-0.25, -0.2) is 0 Å². The summed E-state index contributed by atoms with van der Waals surface area (Å²) in [5.74, 6) is 0.884. The first kappa shape index (κ1) is 29.5. The highest BCUT2D eigenvalue weighted by Gasteiger charge is 2.34. The monoisotopic (exact) mass is 556 g/mol. The Balaban J connectivity index is 1.75. The van der Waals surface area contributed by atoms with Crippen LogP contribution in [0, 0.1) is 0 Å². The van der Waals surface area contributed by atoms with Crippen molar-refractivity contribution >= 4 is 38.9 Å². The molecule has 7 nitrogen and oxygen atoms in total. The largest absolute Gasteiger partial charge is 0.493 e. The highest BCUT2D eigenvalue weighted by Crippen LogP contribution is 2.35. The van der Waals surface area contributed by atoms with Gasteiger partial charge in [-0.3, -0.25) is 9.69 Å². The van der Waals surface area contributed by atoms with E-state index in [0.717, 1.165) is 30.2 Å². The summed E-state index contributed by atoms with van der Waals surface area (Å²) in [7, 11) is -2.39. The van der Waals surface area contributed by atoms with E-state index in [1.165, 1.54) is 55.2 Å². The smallest absolute Gasteiger partial charge is 0.284 e. The normalized spacial score (nSPS) is 15.8. The Kier molecular flexibility index (Phi) is 11.5. The lowest BCUT2D eigenvalue weighted by Gasteiger charge is -2.12. The van der Waals surface area contributed by atoms with Gasteiger partial charge in [0.05, 0.1) is 23.5 Å². The van der Waals surface area contributed by atoms with Crippen LogP contribution >= 0.6 is 11.8 Å². The third-order valence-corrected chi connectivity index (χ3v) is 8.33. The van der Waals surface area contributed by atoms with E-state index in [1.54, 1.807) is 37.5 Å². The Hall–Kier alpha value is -3.04. The molecule has 2 aromatic rings. The highest BCUT2D eigenvalue weighted by atomic mass is 32.2. The lowest BCUT2D eigenvalue weighted by molar-refractivity contribution is -0.121. The molecule has 0 saturated carbocycles. The molecule has 1 fully saturated rings. The second-order valence-corrected chi connectivity index (χ2v) is 11.5. The van der Waals surface area contributed by atoms with Gasteiger partial charge in [-0.05, 0) is 54.1 Å². The van der Waals surface area contributed by atoms with Gasteiger partial charge in [0.15, 0.2) is 16.7 Å². The number of hydrogen-bond acceptors (Lipinski definition) is 6. The average Bonchev–Trinajstić information content (AvgIpc) is 3.19. The lowest BCUT2D eigenvalue weighted by Crippen LogP contribution is -2.29. The van der Waals surface area contributed by atoms with Gasteiger partial charge in [-0.2, -0.15) is 8.42 Å². The summed E-state index contributed by atoms with van der Waals surface area (Å²) >= 11 is 1.02. The average molecular weight is 557 g/mol. The number of nitrogens with zero attached hydrogens (tertiary/aromatic N) is 2. The van der Waals surface area contributed by atoms with Crippen molar-refractivity contribution < 1.29 is 22.7 Å². The summed E-state index contributed by atoms with van der Waals surface area (Å²) in [4.78, 5) is 14.9. The number of amides is 1. The molecule has 38 heavy (non-hydrogen) atoms. The standard InChI is InChI=1S/C29H36N2O5S2/c1-4-6-7-8-9-10-14-20-36-26-21-23(17-18-25(26)35-3)22-27-28(32)31(19-5-2)29(37-27)30-38(33,34)24-15-12-11-13-16-24/h5,11-13,15-18,21-22H,2,4,6-10,14,19-20H2,1,3H3/b27-22-,30-29+. The molecule has 1 saturated heterocycles. The first-order valence-corrected chi connectivity index (χ1v) is 15.2. The summed E-state index contributed by atoms with van der Waals surface area (Å²) in [5, 5.41) is 0.0916. The second-order valence-electron chi connectivity index (χ2n) is 8.86. The number of rotatable bonds is 15. The van der Waals surface area contributed by atoms with Gasteiger partial charge in [0.2, 0.25) is 0 Å². The van der Waals surface area contributed by atoms with E-state index < -0.39 is 10.0 Å². The number of carbonyl (C=O) groups excluding carboxylic acids is 1. The van der Waals surface area contributed by atoms with Crippen molar-refractivity contribution in [1.29, 1.82) is 0 Å². The van der Waals surface area contributed by atoms with Gasteiger partial charge in [-0.15, -0.1) is 11.0 Å². The van der Waals surface area contributed by atoms with Gasteiger partial charge in [0, 0.05) is 6.54 Å². The van der Waals surface area contributed by atoms with Crippen LogP contribution in [0.4, 0.5) is 0 Å². The van der Waals surface area contributed by atoms with Crippen LogP contribution in [-0.4, -0.2) is 44.7 Å². The SMILES string of the molecule is C=CCN1C(=O)/C(=C/c2ccc(OC)c(OCCCCCCCCC)c2)S/C1=N/S(=O)(=O)c1ccccc1. The van der Waals surface area contributed by atoms with Gasteiger partial charge in [-0.1, -0.05) is 75.8 Å². The van der Waals surface area contributed by atoms with E-state index in [-0.39, 0.29) is 22.5 Å². The number of hydrogen-bond donors (Lipinski definition) is 0. The highest BCUT2D eigenvalue weighted by molar-refractivity contribution is 8.19. The van der Waals surface area contributed by atoms with Gasteiger partial charge < -0.3 is 9.47 Å². The molecule has 0 N–H and O–H groups in total. The van der Waals surface area contributed by atoms with Gasteiger partial charge >= 0.3 is 0 Å². The molecule has 0 aliphatic carbocycles. The minimum Gasteiger partial charge on any atom is -0.493 e. The van der Waals surface area contributed by atoms with E-state index in [2.05, 4.69) is 17.9 Å². The molecule has 1 aliphatic rings. The summed E-state index contributed by atoms with van der Waals surface area (Å²) in [6, 6.07) is 13.4. The fourth-order valence-electron chi connectivity index (χ4n) is 3.90. The predicted octanol–water partition coefficient (Wildman–Crippen LogP) is 6.67. The molecule has 204 valence electrons. The zero-order valence-electron chi connectivity index (χ0n) is 22.1. The van der Waals surface area contributed by atoms with Crippen molar-refractivity contribution in [3.63, 3.8) is 0 Å². The van der Waals surface area contributed by atoms with Crippen LogP contribution in [0.15, 0.2) is 75.4 Å². The van der Waals surface area contributed by atoms with Crippen LogP contribution < -0.4 is 9.47 Å². The molecule has 0 aromatic heterocycles. The summed E-state index contributed by atoms with van der Waals surface area (Å²) in [5.41, 5.74) is 0.738. The molecule has 1 heterocycles. The van der Waals surface area contributed by atoms with E-state index in [1.807, 2.05) is 12.1 Å². The van der Waals surface area contributed by atoms with Crippen LogP contribution in [0.25, 0.3) is 6.08 Å². The fourth-order valence-corrected chi connectivity index (χ4v) is 6.11. The Morgan fingerprint density at radius 1 is 1.00 bits per heavy atom. The molecular weight excluding hydrogens is 520 g/mol. The van der Waals surface area contributed by atoms with Crippen molar-refractivity contribution in [3.8, 4) is 11.5 Å². The number of benzene rings is 2. The van der Waals surface area contributed by atoms with Gasteiger partial charge in [0.1, 0.15) is 0 Å². The number of ether oxygens (including phenoxy) is 2. The predicted molar refractivity (Wildman–Crippen MR) is 155 cm³/mol. The van der Waals surface area contributed by atoms with Crippen molar-refractivity contribution in [2.45, 2.75) is 56.8 Å². The summed E-state index contributed by atoms with van der Waals surface area (Å²) < 4.78 is 41.1. The number of carbonyl (C=O) groups is 1. The molecule has 1 amide bonds. The number of sulfonamides is 1. The van der Waals surface area contributed by atoms with E-state index in [9.17, 15) is 13.2 Å². The topological polar surface area (TPSA) is 85.3 Å². The third-order valence-electron chi connectivity index (χ3n) is 5.93. The van der Waals surface area contributed by atoms with Crippen LogP contribution in [-0.2, 0) is 14.8 Å². The van der Waals surface area contributed by atoms with E-state index in [0.29, 0.717) is 23.0 Å². The van der Waals surface area contributed by atoms with Crippen LogP contribution in [0.5, 0.6) is 11.5 Å². The lowest BCUT2D eigenvalue weighted by atomic mass is 10.1. The van der Waals surface area contributed by atoms with Crippen LogP contribution in [0.1, 0.15) is 57.4 Å². The molecule has 2 aromatic carbocycles.